The van der Waals surface area contributed by atoms with Gasteiger partial charge in [-0.25, -0.2) is 4.98 Å². The third-order valence-electron chi connectivity index (χ3n) is 2.38. The van der Waals surface area contributed by atoms with Crippen LogP contribution >= 0.6 is 11.6 Å². The van der Waals surface area contributed by atoms with Crippen molar-refractivity contribution < 1.29 is 4.74 Å². The monoisotopic (exact) mass is 248 g/mol. The van der Waals surface area contributed by atoms with Gasteiger partial charge >= 0.3 is 0 Å². The van der Waals surface area contributed by atoms with Gasteiger partial charge in [0.15, 0.2) is 0 Å². The SMILES string of the molecule is COc1ccc(CNc2ccc(Cl)nc2)cc1. The normalized spacial score (nSPS) is 10.0. The summed E-state index contributed by atoms with van der Waals surface area (Å²) in [5.41, 5.74) is 2.13. The summed E-state index contributed by atoms with van der Waals surface area (Å²) < 4.78 is 5.10. The first-order chi connectivity index (χ1) is 8.28. The van der Waals surface area contributed by atoms with Crippen LogP contribution in [-0.2, 0) is 6.54 Å². The number of benzene rings is 1. The molecule has 2 aromatic rings. The average molecular weight is 249 g/mol. The molecule has 0 atom stereocenters. The molecule has 0 saturated heterocycles. The second-order valence-electron chi connectivity index (χ2n) is 3.57. The van der Waals surface area contributed by atoms with E-state index in [0.29, 0.717) is 5.15 Å². The van der Waals surface area contributed by atoms with Crippen LogP contribution in [0.3, 0.4) is 0 Å². The molecule has 0 bridgehead atoms. The van der Waals surface area contributed by atoms with Gasteiger partial charge < -0.3 is 10.1 Å². The van der Waals surface area contributed by atoms with Crippen LogP contribution < -0.4 is 10.1 Å². The summed E-state index contributed by atoms with van der Waals surface area (Å²) in [6.07, 6.45) is 1.71. The summed E-state index contributed by atoms with van der Waals surface area (Å²) in [4.78, 5) is 4.00. The first-order valence-corrected chi connectivity index (χ1v) is 5.64. The fourth-order valence-corrected chi connectivity index (χ4v) is 1.54. The molecule has 0 aliphatic rings. The van der Waals surface area contributed by atoms with Gasteiger partial charge in [-0.05, 0) is 29.8 Å². The number of pyridine rings is 1. The highest BCUT2D eigenvalue weighted by Crippen LogP contribution is 2.14. The number of nitrogens with zero attached hydrogens (tertiary/aromatic N) is 1. The molecular weight excluding hydrogens is 236 g/mol. The molecular formula is C13H13ClN2O. The number of aromatic nitrogens is 1. The summed E-state index contributed by atoms with van der Waals surface area (Å²) in [6, 6.07) is 11.6. The summed E-state index contributed by atoms with van der Waals surface area (Å²) in [6.45, 7) is 0.743. The van der Waals surface area contributed by atoms with E-state index in [9.17, 15) is 0 Å². The van der Waals surface area contributed by atoms with Crippen LogP contribution in [0.15, 0.2) is 42.6 Å². The zero-order valence-electron chi connectivity index (χ0n) is 9.48. The van der Waals surface area contributed by atoms with Crippen molar-refractivity contribution in [3.05, 3.63) is 53.3 Å². The van der Waals surface area contributed by atoms with Gasteiger partial charge in [0.25, 0.3) is 0 Å². The third kappa shape index (κ3) is 3.36. The molecule has 0 aliphatic heterocycles. The molecule has 0 saturated carbocycles. The quantitative estimate of drug-likeness (QED) is 0.843. The lowest BCUT2D eigenvalue weighted by atomic mass is 10.2. The molecule has 1 heterocycles. The van der Waals surface area contributed by atoms with Gasteiger partial charge in [-0.15, -0.1) is 0 Å². The van der Waals surface area contributed by atoms with Crippen LogP contribution in [0.25, 0.3) is 0 Å². The van der Waals surface area contributed by atoms with E-state index in [0.717, 1.165) is 18.0 Å². The smallest absolute Gasteiger partial charge is 0.129 e. The van der Waals surface area contributed by atoms with Crippen molar-refractivity contribution in [3.63, 3.8) is 0 Å². The van der Waals surface area contributed by atoms with E-state index >= 15 is 0 Å². The minimum Gasteiger partial charge on any atom is -0.497 e. The standard InChI is InChI=1S/C13H13ClN2O/c1-17-12-5-2-10(3-6-12)8-15-11-4-7-13(14)16-9-11/h2-7,9,15H,8H2,1H3. The van der Waals surface area contributed by atoms with Gasteiger partial charge in [0.2, 0.25) is 0 Å². The summed E-state index contributed by atoms with van der Waals surface area (Å²) in [5.74, 6) is 0.863. The van der Waals surface area contributed by atoms with Gasteiger partial charge in [-0.1, -0.05) is 23.7 Å². The Labute approximate surface area is 105 Å². The maximum absolute atomic E-state index is 5.71. The number of hydrogen-bond donors (Lipinski definition) is 1. The fraction of sp³-hybridized carbons (Fsp3) is 0.154. The predicted octanol–water partition coefficient (Wildman–Crippen LogP) is 3.36. The van der Waals surface area contributed by atoms with E-state index < -0.39 is 0 Å². The zero-order chi connectivity index (χ0) is 12.1. The number of methoxy groups -OCH3 is 1. The minimum atomic E-state index is 0.500. The number of ether oxygens (including phenoxy) is 1. The lowest BCUT2D eigenvalue weighted by Crippen LogP contribution is -1.99. The maximum Gasteiger partial charge on any atom is 0.129 e. The molecule has 0 spiro atoms. The van der Waals surface area contributed by atoms with E-state index in [2.05, 4.69) is 10.3 Å². The van der Waals surface area contributed by atoms with Crippen LogP contribution in [0.2, 0.25) is 5.15 Å². The Kier molecular flexibility index (Phi) is 3.83. The zero-order valence-corrected chi connectivity index (χ0v) is 10.2. The third-order valence-corrected chi connectivity index (χ3v) is 2.61. The molecule has 4 heteroatoms. The van der Waals surface area contributed by atoms with Gasteiger partial charge in [0.1, 0.15) is 10.9 Å². The number of hydrogen-bond acceptors (Lipinski definition) is 3. The van der Waals surface area contributed by atoms with Crippen LogP contribution in [0, 0.1) is 0 Å². The van der Waals surface area contributed by atoms with Crippen molar-refractivity contribution in [3.8, 4) is 5.75 Å². The van der Waals surface area contributed by atoms with E-state index in [-0.39, 0.29) is 0 Å². The van der Waals surface area contributed by atoms with E-state index in [1.807, 2.05) is 30.3 Å². The van der Waals surface area contributed by atoms with Crippen LogP contribution in [-0.4, -0.2) is 12.1 Å². The summed E-state index contributed by atoms with van der Waals surface area (Å²) in [5, 5.41) is 3.76. The molecule has 1 aromatic heterocycles. The Morgan fingerprint density at radius 2 is 1.94 bits per heavy atom. The number of anilines is 1. The summed E-state index contributed by atoms with van der Waals surface area (Å²) >= 11 is 5.71. The molecule has 0 unspecified atom stereocenters. The molecule has 88 valence electrons. The van der Waals surface area contributed by atoms with Crippen LogP contribution in [0.5, 0.6) is 5.75 Å². The van der Waals surface area contributed by atoms with Crippen molar-refractivity contribution in [1.82, 2.24) is 4.98 Å². The molecule has 0 amide bonds. The van der Waals surface area contributed by atoms with Crippen molar-refractivity contribution in [1.29, 1.82) is 0 Å². The molecule has 17 heavy (non-hydrogen) atoms. The van der Waals surface area contributed by atoms with Crippen molar-refractivity contribution in [2.45, 2.75) is 6.54 Å². The Hall–Kier alpha value is -1.74. The van der Waals surface area contributed by atoms with Crippen molar-refractivity contribution >= 4 is 17.3 Å². The molecule has 0 aliphatic carbocycles. The van der Waals surface area contributed by atoms with E-state index in [1.54, 1.807) is 19.4 Å². The number of halogens is 1. The van der Waals surface area contributed by atoms with Gasteiger partial charge in [0.05, 0.1) is 19.0 Å². The molecule has 0 radical (unpaired) electrons. The highest BCUT2D eigenvalue weighted by Gasteiger charge is 1.96. The Bertz CT molecular complexity index is 468. The van der Waals surface area contributed by atoms with Gasteiger partial charge in [-0.3, -0.25) is 0 Å². The highest BCUT2D eigenvalue weighted by molar-refractivity contribution is 6.29. The number of rotatable bonds is 4. The van der Waals surface area contributed by atoms with E-state index in [4.69, 9.17) is 16.3 Å². The Morgan fingerprint density at radius 1 is 1.18 bits per heavy atom. The van der Waals surface area contributed by atoms with Crippen molar-refractivity contribution in [2.24, 2.45) is 0 Å². The second kappa shape index (κ2) is 5.55. The molecule has 0 fully saturated rings. The predicted molar refractivity (Wildman–Crippen MR) is 69.6 cm³/mol. The van der Waals surface area contributed by atoms with Gasteiger partial charge in [-0.2, -0.15) is 0 Å². The highest BCUT2D eigenvalue weighted by atomic mass is 35.5. The summed E-state index contributed by atoms with van der Waals surface area (Å²) in [7, 11) is 1.66. The van der Waals surface area contributed by atoms with Crippen LogP contribution in [0.1, 0.15) is 5.56 Å². The Balaban J connectivity index is 1.95. The second-order valence-corrected chi connectivity index (χ2v) is 3.96. The Morgan fingerprint density at radius 3 is 2.53 bits per heavy atom. The van der Waals surface area contributed by atoms with Crippen LogP contribution in [0.4, 0.5) is 5.69 Å². The first kappa shape index (κ1) is 11.7. The molecule has 1 N–H and O–H groups in total. The molecule has 3 nitrogen and oxygen atoms in total. The largest absolute Gasteiger partial charge is 0.497 e. The molecule has 1 aromatic carbocycles. The number of nitrogens with one attached hydrogen (secondary N) is 1. The minimum absolute atomic E-state index is 0.500. The average Bonchev–Trinajstić information content (AvgIpc) is 2.39. The lowest BCUT2D eigenvalue weighted by molar-refractivity contribution is 0.414. The van der Waals surface area contributed by atoms with Crippen molar-refractivity contribution in [2.75, 3.05) is 12.4 Å². The first-order valence-electron chi connectivity index (χ1n) is 5.26. The topological polar surface area (TPSA) is 34.1 Å². The van der Waals surface area contributed by atoms with E-state index in [1.165, 1.54) is 5.56 Å². The maximum atomic E-state index is 5.71. The fourth-order valence-electron chi connectivity index (χ4n) is 1.43. The molecule has 2 rings (SSSR count). The van der Waals surface area contributed by atoms with Gasteiger partial charge in [0, 0.05) is 6.54 Å². The lowest BCUT2D eigenvalue weighted by Gasteiger charge is -2.06.